The predicted octanol–water partition coefficient (Wildman–Crippen LogP) is -0.357. The van der Waals surface area contributed by atoms with E-state index < -0.39 is 6.16 Å². The van der Waals surface area contributed by atoms with Crippen LogP contribution in [-0.4, -0.2) is 25.3 Å². The standard InChI is InChI=1S/C4H6O3.CH3NO/c1-3-2-6-4(5)7-3;2-1-3/h3H,2H2,1H3;1H,(H2,2,3). The maximum Gasteiger partial charge on any atom is 0.508 e. The summed E-state index contributed by atoms with van der Waals surface area (Å²) in [4.78, 5) is 18.6. The molecule has 58 valence electrons. The second kappa shape index (κ2) is 4.60. The molecule has 1 aliphatic heterocycles. The molecule has 0 aromatic carbocycles. The molecule has 0 aromatic rings. The highest BCUT2D eigenvalue weighted by molar-refractivity contribution is 5.61. The number of hydrogen-bond acceptors (Lipinski definition) is 4. The van der Waals surface area contributed by atoms with Gasteiger partial charge in [0.2, 0.25) is 6.41 Å². The van der Waals surface area contributed by atoms with Crippen LogP contribution in [0.2, 0.25) is 0 Å². The van der Waals surface area contributed by atoms with Crippen molar-refractivity contribution in [3.05, 3.63) is 0 Å². The van der Waals surface area contributed by atoms with Gasteiger partial charge < -0.3 is 15.2 Å². The number of hydrogen-bond donors (Lipinski definition) is 1. The van der Waals surface area contributed by atoms with Crippen molar-refractivity contribution in [2.24, 2.45) is 5.73 Å². The van der Waals surface area contributed by atoms with Gasteiger partial charge in [-0.25, -0.2) is 4.79 Å². The van der Waals surface area contributed by atoms with E-state index in [-0.39, 0.29) is 12.5 Å². The molecular formula is C5H9NO4. The van der Waals surface area contributed by atoms with Gasteiger partial charge in [0.1, 0.15) is 12.7 Å². The van der Waals surface area contributed by atoms with E-state index in [1.54, 1.807) is 6.92 Å². The Morgan fingerprint density at radius 1 is 1.80 bits per heavy atom. The number of cyclic esters (lactones) is 2. The zero-order valence-electron chi connectivity index (χ0n) is 5.57. The van der Waals surface area contributed by atoms with E-state index in [0.29, 0.717) is 6.61 Å². The summed E-state index contributed by atoms with van der Waals surface area (Å²) in [6.45, 7) is 2.18. The van der Waals surface area contributed by atoms with Crippen molar-refractivity contribution in [3.8, 4) is 0 Å². The second-order valence-electron chi connectivity index (χ2n) is 1.63. The van der Waals surface area contributed by atoms with Crippen LogP contribution in [-0.2, 0) is 14.3 Å². The highest BCUT2D eigenvalue weighted by Crippen LogP contribution is 2.02. The monoisotopic (exact) mass is 147 g/mol. The van der Waals surface area contributed by atoms with E-state index in [9.17, 15) is 4.79 Å². The fourth-order valence-electron chi connectivity index (χ4n) is 0.418. The quantitative estimate of drug-likeness (QED) is 0.375. The molecule has 0 saturated carbocycles. The third kappa shape index (κ3) is 3.71. The maximum absolute atomic E-state index is 10.0. The molecule has 0 spiro atoms. The van der Waals surface area contributed by atoms with Gasteiger partial charge in [0, 0.05) is 0 Å². The van der Waals surface area contributed by atoms with Crippen LogP contribution in [0.15, 0.2) is 0 Å². The van der Waals surface area contributed by atoms with E-state index in [2.05, 4.69) is 15.2 Å². The van der Waals surface area contributed by atoms with Gasteiger partial charge in [0.05, 0.1) is 0 Å². The minimum absolute atomic E-state index is 0.0486. The molecular weight excluding hydrogens is 138 g/mol. The summed E-state index contributed by atoms with van der Waals surface area (Å²) in [6.07, 6.45) is -0.347. The fraction of sp³-hybridized carbons (Fsp3) is 0.600. The molecule has 10 heavy (non-hydrogen) atoms. The molecule has 0 aliphatic carbocycles. The molecule has 1 atom stereocenters. The number of carbonyl (C=O) groups excluding carboxylic acids is 2. The molecule has 1 amide bonds. The summed E-state index contributed by atoms with van der Waals surface area (Å²) < 4.78 is 8.90. The Morgan fingerprint density at radius 2 is 2.30 bits per heavy atom. The number of rotatable bonds is 0. The van der Waals surface area contributed by atoms with Crippen LogP contribution in [0.3, 0.4) is 0 Å². The lowest BCUT2D eigenvalue weighted by molar-refractivity contribution is -0.106. The summed E-state index contributed by atoms with van der Waals surface area (Å²) >= 11 is 0. The highest BCUT2D eigenvalue weighted by Gasteiger charge is 2.19. The van der Waals surface area contributed by atoms with Crippen LogP contribution in [0.4, 0.5) is 4.79 Å². The zero-order chi connectivity index (χ0) is 7.98. The normalized spacial score (nSPS) is 21.7. The van der Waals surface area contributed by atoms with Crippen molar-refractivity contribution in [3.63, 3.8) is 0 Å². The number of carbonyl (C=O) groups is 2. The molecule has 0 radical (unpaired) electrons. The number of amides is 1. The van der Waals surface area contributed by atoms with Gasteiger partial charge in [-0.15, -0.1) is 0 Å². The first-order chi connectivity index (χ1) is 4.70. The summed E-state index contributed by atoms with van der Waals surface area (Å²) in [6, 6.07) is 0. The van der Waals surface area contributed by atoms with Crippen molar-refractivity contribution in [1.82, 2.24) is 0 Å². The van der Waals surface area contributed by atoms with Crippen LogP contribution >= 0.6 is 0 Å². The maximum atomic E-state index is 10.0. The minimum Gasteiger partial charge on any atom is -0.430 e. The average molecular weight is 147 g/mol. The van der Waals surface area contributed by atoms with Crippen LogP contribution in [0.1, 0.15) is 6.92 Å². The average Bonchev–Trinajstić information content (AvgIpc) is 2.17. The molecule has 1 saturated heterocycles. The Bertz CT molecular complexity index is 125. The van der Waals surface area contributed by atoms with Gasteiger partial charge in [0.25, 0.3) is 0 Å². The lowest BCUT2D eigenvalue weighted by Crippen LogP contribution is -2.01. The number of ether oxygens (including phenoxy) is 2. The van der Waals surface area contributed by atoms with Crippen molar-refractivity contribution in [1.29, 1.82) is 0 Å². The van der Waals surface area contributed by atoms with E-state index in [4.69, 9.17) is 4.79 Å². The first-order valence-corrected chi connectivity index (χ1v) is 2.69. The summed E-state index contributed by atoms with van der Waals surface area (Å²) in [5.41, 5.74) is 4.17. The van der Waals surface area contributed by atoms with Gasteiger partial charge in [0.15, 0.2) is 0 Å². The SMILES string of the molecule is CC1COC(=O)O1.NC=O. The second-order valence-corrected chi connectivity index (χ2v) is 1.63. The number of nitrogens with two attached hydrogens (primary N) is 1. The van der Waals surface area contributed by atoms with Crippen molar-refractivity contribution in [2.75, 3.05) is 6.61 Å². The van der Waals surface area contributed by atoms with Crippen molar-refractivity contribution in [2.45, 2.75) is 13.0 Å². The highest BCUT2D eigenvalue weighted by atomic mass is 16.8. The van der Waals surface area contributed by atoms with Gasteiger partial charge in [-0.1, -0.05) is 0 Å². The van der Waals surface area contributed by atoms with Crippen LogP contribution < -0.4 is 5.73 Å². The predicted molar refractivity (Wildman–Crippen MR) is 32.1 cm³/mol. The molecule has 5 heteroatoms. The van der Waals surface area contributed by atoms with E-state index in [0.717, 1.165) is 0 Å². The summed E-state index contributed by atoms with van der Waals surface area (Å²) in [7, 11) is 0. The Hall–Kier alpha value is -1.26. The first kappa shape index (κ1) is 8.74. The van der Waals surface area contributed by atoms with E-state index >= 15 is 0 Å². The van der Waals surface area contributed by atoms with Gasteiger partial charge in [-0.3, -0.25) is 4.79 Å². The lowest BCUT2D eigenvalue weighted by atomic mass is 10.5. The third-order valence-corrected chi connectivity index (χ3v) is 0.733. The Labute approximate surface area is 58.1 Å². The smallest absolute Gasteiger partial charge is 0.430 e. The van der Waals surface area contributed by atoms with Crippen molar-refractivity contribution >= 4 is 12.6 Å². The molecule has 1 rings (SSSR count). The van der Waals surface area contributed by atoms with Crippen molar-refractivity contribution < 1.29 is 19.1 Å². The topological polar surface area (TPSA) is 78.6 Å². The molecule has 1 fully saturated rings. The summed E-state index contributed by atoms with van der Waals surface area (Å²) in [5, 5.41) is 0. The third-order valence-electron chi connectivity index (χ3n) is 0.733. The van der Waals surface area contributed by atoms with Gasteiger partial charge >= 0.3 is 6.16 Å². The minimum atomic E-state index is -0.549. The molecule has 1 unspecified atom stereocenters. The largest absolute Gasteiger partial charge is 0.508 e. The molecule has 1 heterocycles. The molecule has 2 N–H and O–H groups in total. The molecule has 0 bridgehead atoms. The number of primary amides is 1. The Kier molecular flexibility index (Phi) is 4.02. The summed E-state index contributed by atoms with van der Waals surface area (Å²) in [5.74, 6) is 0. The fourth-order valence-corrected chi connectivity index (χ4v) is 0.418. The first-order valence-electron chi connectivity index (χ1n) is 2.69. The zero-order valence-corrected chi connectivity index (χ0v) is 5.57. The van der Waals surface area contributed by atoms with Crippen LogP contribution in [0.25, 0.3) is 0 Å². The van der Waals surface area contributed by atoms with Gasteiger partial charge in [-0.05, 0) is 6.92 Å². The lowest BCUT2D eigenvalue weighted by Gasteiger charge is -1.90. The molecule has 1 aliphatic rings. The van der Waals surface area contributed by atoms with E-state index in [1.807, 2.05) is 0 Å². The molecule has 0 aromatic heterocycles. The van der Waals surface area contributed by atoms with E-state index in [1.165, 1.54) is 0 Å². The molecule has 5 nitrogen and oxygen atoms in total. The van der Waals surface area contributed by atoms with Crippen LogP contribution in [0, 0.1) is 0 Å². The van der Waals surface area contributed by atoms with Gasteiger partial charge in [-0.2, -0.15) is 0 Å². The Balaban J connectivity index is 0.000000236. The Morgan fingerprint density at radius 3 is 2.40 bits per heavy atom. The van der Waals surface area contributed by atoms with Crippen LogP contribution in [0.5, 0.6) is 0 Å².